The fourth-order valence-corrected chi connectivity index (χ4v) is 2.56. The average molecular weight is 268 g/mol. The molecule has 0 saturated heterocycles. The van der Waals surface area contributed by atoms with Gasteiger partial charge in [0.05, 0.1) is 13.2 Å². The molecule has 4 heteroatoms. The summed E-state index contributed by atoms with van der Waals surface area (Å²) in [7, 11) is 0. The molecule has 0 N–H and O–H groups in total. The summed E-state index contributed by atoms with van der Waals surface area (Å²) < 4.78 is 10.1. The van der Waals surface area contributed by atoms with Gasteiger partial charge in [-0.05, 0) is 26.2 Å². The van der Waals surface area contributed by atoms with Crippen LogP contribution in [-0.2, 0) is 19.1 Å². The average Bonchev–Trinajstić information content (AvgIpc) is 2.38. The van der Waals surface area contributed by atoms with E-state index in [1.165, 1.54) is 19.4 Å². The first kappa shape index (κ1) is 15.7. The van der Waals surface area contributed by atoms with E-state index in [2.05, 4.69) is 0 Å². The highest BCUT2D eigenvalue weighted by Gasteiger charge is 2.32. The number of carbonyl (C=O) groups is 2. The zero-order chi connectivity index (χ0) is 14.1. The number of esters is 2. The molecule has 0 aromatic heterocycles. The van der Waals surface area contributed by atoms with Gasteiger partial charge in [0.2, 0.25) is 0 Å². The summed E-state index contributed by atoms with van der Waals surface area (Å²) >= 11 is 0. The Kier molecular flexibility index (Phi) is 6.60. The third-order valence-corrected chi connectivity index (χ3v) is 3.59. The number of carbonyl (C=O) groups excluding carboxylic acids is 2. The summed E-state index contributed by atoms with van der Waals surface area (Å²) in [6.07, 6.45) is 9.76. The van der Waals surface area contributed by atoms with Gasteiger partial charge >= 0.3 is 11.9 Å². The molecule has 1 rings (SSSR count). The summed E-state index contributed by atoms with van der Waals surface area (Å²) in [5.41, 5.74) is 0.00686. The number of ether oxygens (including phenoxy) is 2. The van der Waals surface area contributed by atoms with Crippen LogP contribution in [0.3, 0.4) is 0 Å². The fraction of sp³-hybridized carbons (Fsp3) is 0.733. The van der Waals surface area contributed by atoms with Crippen molar-refractivity contribution in [2.45, 2.75) is 52.4 Å². The molecule has 1 saturated carbocycles. The van der Waals surface area contributed by atoms with Crippen molar-refractivity contribution < 1.29 is 19.1 Å². The van der Waals surface area contributed by atoms with Gasteiger partial charge in [0, 0.05) is 18.4 Å². The Labute approximate surface area is 115 Å². The van der Waals surface area contributed by atoms with E-state index in [0.29, 0.717) is 13.2 Å². The first-order valence-corrected chi connectivity index (χ1v) is 7.05. The van der Waals surface area contributed by atoms with Gasteiger partial charge in [0.25, 0.3) is 0 Å². The molecule has 0 amide bonds. The number of hydrogen-bond donors (Lipinski definition) is 0. The van der Waals surface area contributed by atoms with Crippen LogP contribution in [0, 0.1) is 5.41 Å². The van der Waals surface area contributed by atoms with Crippen LogP contribution < -0.4 is 0 Å². The number of allylic oxidation sites excluding steroid dienone is 1. The smallest absolute Gasteiger partial charge is 0.330 e. The third-order valence-electron chi connectivity index (χ3n) is 3.59. The first-order chi connectivity index (χ1) is 9.08. The van der Waals surface area contributed by atoms with Gasteiger partial charge in [0.15, 0.2) is 0 Å². The van der Waals surface area contributed by atoms with Gasteiger partial charge in [-0.2, -0.15) is 0 Å². The van der Waals surface area contributed by atoms with Gasteiger partial charge in [0.1, 0.15) is 0 Å². The molecule has 1 aliphatic carbocycles. The van der Waals surface area contributed by atoms with Crippen molar-refractivity contribution in [1.82, 2.24) is 0 Å². The molecule has 0 aromatic rings. The minimum Gasteiger partial charge on any atom is -0.465 e. The Hall–Kier alpha value is -1.32. The highest BCUT2D eigenvalue weighted by atomic mass is 16.5. The van der Waals surface area contributed by atoms with E-state index in [4.69, 9.17) is 9.47 Å². The molecular weight excluding hydrogens is 244 g/mol. The van der Waals surface area contributed by atoms with Crippen LogP contribution in [0.5, 0.6) is 0 Å². The molecular formula is C15H24O4. The van der Waals surface area contributed by atoms with Crippen molar-refractivity contribution in [2.24, 2.45) is 5.41 Å². The predicted molar refractivity (Wildman–Crippen MR) is 72.5 cm³/mol. The molecule has 0 aromatic carbocycles. The molecule has 0 heterocycles. The number of hydrogen-bond acceptors (Lipinski definition) is 4. The molecule has 0 bridgehead atoms. The normalized spacial score (nSPS) is 18.2. The summed E-state index contributed by atoms with van der Waals surface area (Å²) in [6.45, 7) is 4.07. The van der Waals surface area contributed by atoms with Gasteiger partial charge in [-0.1, -0.05) is 25.3 Å². The molecule has 0 unspecified atom stereocenters. The van der Waals surface area contributed by atoms with Gasteiger partial charge < -0.3 is 9.47 Å². The van der Waals surface area contributed by atoms with E-state index >= 15 is 0 Å². The van der Waals surface area contributed by atoms with E-state index in [1.807, 2.05) is 6.08 Å². The second kappa shape index (κ2) is 7.97. The molecule has 19 heavy (non-hydrogen) atoms. The predicted octanol–water partition coefficient (Wildman–Crippen LogP) is 3.01. The van der Waals surface area contributed by atoms with E-state index in [-0.39, 0.29) is 17.4 Å². The largest absolute Gasteiger partial charge is 0.465 e. The lowest BCUT2D eigenvalue weighted by Gasteiger charge is -2.35. The van der Waals surface area contributed by atoms with Crippen LogP contribution in [0.1, 0.15) is 52.4 Å². The second-order valence-electron chi connectivity index (χ2n) is 5.20. The van der Waals surface area contributed by atoms with Crippen LogP contribution in [0.4, 0.5) is 0 Å². The molecule has 1 aliphatic rings. The highest BCUT2D eigenvalue weighted by Crippen LogP contribution is 2.39. The van der Waals surface area contributed by atoms with Gasteiger partial charge in [-0.25, -0.2) is 4.79 Å². The molecule has 0 radical (unpaired) electrons. The summed E-state index contributed by atoms with van der Waals surface area (Å²) in [5.74, 6) is -0.541. The standard InChI is InChI=1S/C15H24O4/c1-3-18-14(17)8-7-11-15(12-19-13(2)16)9-5-4-6-10-15/h7-8H,3-6,9-12H2,1-2H3/b8-7+. The topological polar surface area (TPSA) is 52.6 Å². The zero-order valence-electron chi connectivity index (χ0n) is 11.9. The minimum atomic E-state index is -0.305. The van der Waals surface area contributed by atoms with Crippen molar-refractivity contribution in [3.05, 3.63) is 12.2 Å². The van der Waals surface area contributed by atoms with Crippen molar-refractivity contribution >= 4 is 11.9 Å². The van der Waals surface area contributed by atoms with Crippen LogP contribution in [-0.4, -0.2) is 25.2 Å². The molecule has 0 atom stereocenters. The van der Waals surface area contributed by atoms with E-state index in [0.717, 1.165) is 32.1 Å². The van der Waals surface area contributed by atoms with Crippen molar-refractivity contribution in [1.29, 1.82) is 0 Å². The minimum absolute atomic E-state index is 0.00686. The van der Waals surface area contributed by atoms with E-state index < -0.39 is 0 Å². The highest BCUT2D eigenvalue weighted by molar-refractivity contribution is 5.81. The molecule has 108 valence electrons. The fourth-order valence-electron chi connectivity index (χ4n) is 2.56. The lowest BCUT2D eigenvalue weighted by Crippen LogP contribution is -2.30. The third kappa shape index (κ3) is 5.90. The molecule has 4 nitrogen and oxygen atoms in total. The monoisotopic (exact) mass is 268 g/mol. The molecule has 0 spiro atoms. The Morgan fingerprint density at radius 3 is 2.42 bits per heavy atom. The molecule has 1 fully saturated rings. The van der Waals surface area contributed by atoms with Crippen LogP contribution in [0.2, 0.25) is 0 Å². The van der Waals surface area contributed by atoms with Crippen LogP contribution in [0.25, 0.3) is 0 Å². The first-order valence-electron chi connectivity index (χ1n) is 7.05. The zero-order valence-corrected chi connectivity index (χ0v) is 11.9. The quantitative estimate of drug-likeness (QED) is 0.549. The SMILES string of the molecule is CCOC(=O)/C=C/CC1(COC(C)=O)CCCCC1. The van der Waals surface area contributed by atoms with Crippen molar-refractivity contribution in [3.63, 3.8) is 0 Å². The van der Waals surface area contributed by atoms with E-state index in [1.54, 1.807) is 6.92 Å². The maximum absolute atomic E-state index is 11.3. The Morgan fingerprint density at radius 1 is 1.16 bits per heavy atom. The maximum Gasteiger partial charge on any atom is 0.330 e. The molecule has 0 aliphatic heterocycles. The van der Waals surface area contributed by atoms with Crippen LogP contribution >= 0.6 is 0 Å². The Morgan fingerprint density at radius 2 is 1.84 bits per heavy atom. The van der Waals surface area contributed by atoms with Crippen molar-refractivity contribution in [3.8, 4) is 0 Å². The summed E-state index contributed by atoms with van der Waals surface area (Å²) in [4.78, 5) is 22.2. The van der Waals surface area contributed by atoms with Gasteiger partial charge in [-0.3, -0.25) is 4.79 Å². The number of rotatable bonds is 6. The lowest BCUT2D eigenvalue weighted by atomic mass is 9.72. The summed E-state index contributed by atoms with van der Waals surface area (Å²) in [6, 6.07) is 0. The lowest BCUT2D eigenvalue weighted by molar-refractivity contribution is -0.145. The second-order valence-corrected chi connectivity index (χ2v) is 5.20. The van der Waals surface area contributed by atoms with Crippen molar-refractivity contribution in [2.75, 3.05) is 13.2 Å². The van der Waals surface area contributed by atoms with Gasteiger partial charge in [-0.15, -0.1) is 0 Å². The maximum atomic E-state index is 11.3. The summed E-state index contributed by atoms with van der Waals surface area (Å²) in [5, 5.41) is 0. The Bertz CT molecular complexity index is 327. The van der Waals surface area contributed by atoms with E-state index in [9.17, 15) is 9.59 Å². The van der Waals surface area contributed by atoms with Crippen LogP contribution in [0.15, 0.2) is 12.2 Å². The Balaban J connectivity index is 2.53.